The summed E-state index contributed by atoms with van der Waals surface area (Å²) in [5, 5.41) is 2.76. The predicted molar refractivity (Wildman–Crippen MR) is 106 cm³/mol. The van der Waals surface area contributed by atoms with Crippen molar-refractivity contribution in [2.24, 2.45) is 0 Å². The Kier molecular flexibility index (Phi) is 7.14. The van der Waals surface area contributed by atoms with Gasteiger partial charge >= 0.3 is 0 Å². The second-order valence-electron chi connectivity index (χ2n) is 6.33. The maximum Gasteiger partial charge on any atom is 0.262 e. The predicted octanol–water partition coefficient (Wildman–Crippen LogP) is 2.89. The number of methoxy groups -OCH3 is 1. The van der Waals surface area contributed by atoms with Gasteiger partial charge in [-0.3, -0.25) is 14.4 Å². The van der Waals surface area contributed by atoms with Crippen LogP contribution in [0.2, 0.25) is 0 Å². The minimum absolute atomic E-state index is 0.0347. The van der Waals surface area contributed by atoms with Gasteiger partial charge in [-0.25, -0.2) is 0 Å². The van der Waals surface area contributed by atoms with Crippen LogP contribution >= 0.6 is 0 Å². The Morgan fingerprint density at radius 2 is 1.79 bits per heavy atom. The fourth-order valence-corrected chi connectivity index (χ4v) is 2.48. The molecule has 0 bridgehead atoms. The molecule has 2 rings (SSSR count). The second kappa shape index (κ2) is 9.55. The van der Waals surface area contributed by atoms with Crippen LogP contribution in [0.15, 0.2) is 42.5 Å². The number of amides is 2. The van der Waals surface area contributed by atoms with Crippen LogP contribution in [0.1, 0.15) is 29.8 Å². The number of benzene rings is 2. The first-order chi connectivity index (χ1) is 13.3. The molecule has 2 aromatic carbocycles. The van der Waals surface area contributed by atoms with Crippen molar-refractivity contribution in [3.05, 3.63) is 53.6 Å². The number of carbonyl (C=O) groups excluding carboxylic acids is 3. The third-order valence-corrected chi connectivity index (χ3v) is 4.10. The zero-order chi connectivity index (χ0) is 20.7. The van der Waals surface area contributed by atoms with E-state index >= 15 is 0 Å². The number of anilines is 1. The number of ketones is 1. The van der Waals surface area contributed by atoms with Gasteiger partial charge in [0, 0.05) is 31.8 Å². The highest BCUT2D eigenvalue weighted by molar-refractivity contribution is 5.95. The highest BCUT2D eigenvalue weighted by atomic mass is 16.5. The molecule has 0 atom stereocenters. The monoisotopic (exact) mass is 384 g/mol. The Morgan fingerprint density at radius 1 is 1.04 bits per heavy atom. The Bertz CT molecular complexity index is 879. The molecule has 0 unspecified atom stereocenters. The summed E-state index contributed by atoms with van der Waals surface area (Å²) >= 11 is 0. The van der Waals surface area contributed by atoms with Crippen LogP contribution in [0.5, 0.6) is 11.5 Å². The van der Waals surface area contributed by atoms with E-state index in [1.165, 1.54) is 21.0 Å². The van der Waals surface area contributed by atoms with Crippen LogP contribution in [0.3, 0.4) is 0 Å². The van der Waals surface area contributed by atoms with Crippen molar-refractivity contribution in [2.75, 3.05) is 26.1 Å². The van der Waals surface area contributed by atoms with Crippen LogP contribution in [-0.4, -0.2) is 43.3 Å². The highest BCUT2D eigenvalue weighted by Crippen LogP contribution is 2.28. The number of ether oxygens (including phenoxy) is 2. The van der Waals surface area contributed by atoms with Crippen molar-refractivity contribution in [3.8, 4) is 11.5 Å². The number of hydrogen-bond donors (Lipinski definition) is 1. The molecule has 1 N–H and O–H groups in total. The minimum atomic E-state index is -0.338. The van der Waals surface area contributed by atoms with Crippen LogP contribution in [0.25, 0.3) is 0 Å². The third kappa shape index (κ3) is 5.84. The van der Waals surface area contributed by atoms with E-state index in [0.717, 1.165) is 5.56 Å². The molecule has 28 heavy (non-hydrogen) atoms. The van der Waals surface area contributed by atoms with Crippen LogP contribution in [0, 0.1) is 0 Å². The summed E-state index contributed by atoms with van der Waals surface area (Å²) in [6.45, 7) is 3.20. The molecule has 7 heteroatoms. The van der Waals surface area contributed by atoms with E-state index in [-0.39, 0.29) is 24.2 Å². The highest BCUT2D eigenvalue weighted by Gasteiger charge is 2.11. The maximum atomic E-state index is 12.2. The fourth-order valence-electron chi connectivity index (χ4n) is 2.48. The molecule has 2 amide bonds. The van der Waals surface area contributed by atoms with Gasteiger partial charge in [0.05, 0.1) is 7.11 Å². The lowest BCUT2D eigenvalue weighted by atomic mass is 10.1. The summed E-state index contributed by atoms with van der Waals surface area (Å²) in [6, 6.07) is 12.0. The smallest absolute Gasteiger partial charge is 0.262 e. The lowest BCUT2D eigenvalue weighted by Gasteiger charge is -2.15. The number of nitrogens with one attached hydrogen (secondary N) is 1. The quantitative estimate of drug-likeness (QED) is 0.708. The molecule has 0 radical (unpaired) electrons. The Morgan fingerprint density at radius 3 is 2.43 bits per heavy atom. The zero-order valence-electron chi connectivity index (χ0n) is 16.4. The first-order valence-corrected chi connectivity index (χ1v) is 8.72. The summed E-state index contributed by atoms with van der Waals surface area (Å²) in [7, 11) is 3.18. The van der Waals surface area contributed by atoms with E-state index in [4.69, 9.17) is 9.47 Å². The van der Waals surface area contributed by atoms with Crippen molar-refractivity contribution in [2.45, 2.75) is 20.4 Å². The van der Waals surface area contributed by atoms with Crippen LogP contribution in [0.4, 0.5) is 5.69 Å². The first-order valence-electron chi connectivity index (χ1n) is 8.72. The molecule has 0 heterocycles. The van der Waals surface area contributed by atoms with E-state index in [0.29, 0.717) is 29.3 Å². The van der Waals surface area contributed by atoms with Gasteiger partial charge in [0.15, 0.2) is 23.9 Å². The molecule has 0 saturated heterocycles. The average molecular weight is 384 g/mol. The van der Waals surface area contributed by atoms with Gasteiger partial charge in [-0.2, -0.15) is 0 Å². The van der Waals surface area contributed by atoms with Gasteiger partial charge in [0.2, 0.25) is 5.91 Å². The maximum absolute atomic E-state index is 12.2. The van der Waals surface area contributed by atoms with Gasteiger partial charge in [0.25, 0.3) is 5.91 Å². The van der Waals surface area contributed by atoms with Gasteiger partial charge in [-0.15, -0.1) is 0 Å². The summed E-state index contributed by atoms with van der Waals surface area (Å²) < 4.78 is 10.7. The number of nitrogens with zero attached hydrogens (tertiary/aromatic N) is 1. The lowest BCUT2D eigenvalue weighted by molar-refractivity contribution is -0.128. The molecule has 0 saturated carbocycles. The van der Waals surface area contributed by atoms with Crippen molar-refractivity contribution in [1.82, 2.24) is 4.90 Å². The minimum Gasteiger partial charge on any atom is -0.493 e. The topological polar surface area (TPSA) is 84.9 Å². The van der Waals surface area contributed by atoms with Crippen LogP contribution < -0.4 is 14.8 Å². The molecule has 0 aromatic heterocycles. The normalized spacial score (nSPS) is 10.1. The number of hydrogen-bond acceptors (Lipinski definition) is 5. The van der Waals surface area contributed by atoms with Gasteiger partial charge in [0.1, 0.15) is 0 Å². The zero-order valence-corrected chi connectivity index (χ0v) is 16.4. The van der Waals surface area contributed by atoms with E-state index in [9.17, 15) is 14.4 Å². The molecule has 2 aromatic rings. The van der Waals surface area contributed by atoms with E-state index in [2.05, 4.69) is 5.32 Å². The van der Waals surface area contributed by atoms with E-state index < -0.39 is 0 Å². The van der Waals surface area contributed by atoms with Crippen molar-refractivity contribution in [3.63, 3.8) is 0 Å². The number of rotatable bonds is 8. The summed E-state index contributed by atoms with van der Waals surface area (Å²) in [5.41, 5.74) is 2.01. The van der Waals surface area contributed by atoms with Crippen LogP contribution in [-0.2, 0) is 16.1 Å². The molecule has 0 spiro atoms. The molecular formula is C21H24N2O5. The Balaban J connectivity index is 1.98. The Hall–Kier alpha value is -3.35. The third-order valence-electron chi connectivity index (χ3n) is 4.10. The molecule has 0 fully saturated rings. The summed E-state index contributed by atoms with van der Waals surface area (Å²) in [6.07, 6.45) is 0. The van der Waals surface area contributed by atoms with Gasteiger partial charge in [-0.05, 0) is 42.8 Å². The molecule has 0 aliphatic carbocycles. The van der Waals surface area contributed by atoms with E-state index in [1.54, 1.807) is 42.3 Å². The standard InChI is InChI=1S/C21H24N2O5/c1-14(24)17-8-9-19(20(11-17)27-4)28-13-21(26)22-18-7-5-6-16(10-18)12-23(3)15(2)25/h5-11H,12-13H2,1-4H3,(H,22,26). The van der Waals surface area contributed by atoms with Gasteiger partial charge in [-0.1, -0.05) is 12.1 Å². The molecule has 148 valence electrons. The fraction of sp³-hybridized carbons (Fsp3) is 0.286. The van der Waals surface area contributed by atoms with Crippen molar-refractivity contribution in [1.29, 1.82) is 0 Å². The largest absolute Gasteiger partial charge is 0.493 e. The molecule has 7 nitrogen and oxygen atoms in total. The molecule has 0 aliphatic heterocycles. The van der Waals surface area contributed by atoms with Gasteiger partial charge < -0.3 is 19.7 Å². The molecule has 0 aliphatic rings. The SMILES string of the molecule is COc1cc(C(C)=O)ccc1OCC(=O)Nc1cccc(CN(C)C(C)=O)c1. The number of carbonyl (C=O) groups is 3. The lowest BCUT2D eigenvalue weighted by Crippen LogP contribution is -2.23. The summed E-state index contributed by atoms with van der Waals surface area (Å²) in [5.74, 6) is 0.300. The van der Waals surface area contributed by atoms with E-state index in [1.807, 2.05) is 12.1 Å². The second-order valence-corrected chi connectivity index (χ2v) is 6.33. The first kappa shape index (κ1) is 21.0. The van der Waals surface area contributed by atoms with Crippen molar-refractivity contribution < 1.29 is 23.9 Å². The summed E-state index contributed by atoms with van der Waals surface area (Å²) in [4.78, 5) is 36.6. The molecular weight excluding hydrogens is 360 g/mol. The average Bonchev–Trinajstić information content (AvgIpc) is 2.66. The Labute approximate surface area is 164 Å². The number of Topliss-reactive ketones (excluding diaryl/α,β-unsaturated/α-hetero) is 1. The van der Waals surface area contributed by atoms with Crippen molar-refractivity contribution >= 4 is 23.3 Å².